The van der Waals surface area contributed by atoms with Crippen LogP contribution in [-0.4, -0.2) is 5.78 Å². The zero-order chi connectivity index (χ0) is 29.6. The number of thioether (sulfide) groups is 1. The average Bonchev–Trinajstić information content (AvgIpc) is 2.90. The predicted molar refractivity (Wildman–Crippen MR) is 170 cm³/mol. The standard InChI is InChI=1S/C35H36ClN3OS/c1-20-10-7-8-13-31(20)41-19-24-15-25(22(3)14-21(24)2)32-26(18-37)34(38)39(28-12-9-11-27(36)23(28)4)29-16-35(5,6)17-30(40)33(29)32/h7-15,32H,16-17,19,38H2,1-6H3. The number of allylic oxidation sites excluding steroid dienone is 3. The summed E-state index contributed by atoms with van der Waals surface area (Å²) >= 11 is 8.34. The van der Waals surface area contributed by atoms with Gasteiger partial charge in [0, 0.05) is 33.4 Å². The summed E-state index contributed by atoms with van der Waals surface area (Å²) in [5.74, 6) is 0.709. The van der Waals surface area contributed by atoms with Gasteiger partial charge in [0.15, 0.2) is 5.78 Å². The highest BCUT2D eigenvalue weighted by molar-refractivity contribution is 7.98. The smallest absolute Gasteiger partial charge is 0.162 e. The summed E-state index contributed by atoms with van der Waals surface area (Å²) in [5, 5.41) is 11.2. The van der Waals surface area contributed by atoms with Gasteiger partial charge in [-0.2, -0.15) is 5.26 Å². The number of Topliss-reactive ketones (excluding diaryl/α,β-unsaturated/α-hetero) is 1. The van der Waals surface area contributed by atoms with Crippen molar-refractivity contribution >= 4 is 34.8 Å². The summed E-state index contributed by atoms with van der Waals surface area (Å²) in [6.07, 6.45) is 1.08. The molecule has 0 spiro atoms. The number of carbonyl (C=O) groups is 1. The lowest BCUT2D eigenvalue weighted by molar-refractivity contribution is -0.118. The van der Waals surface area contributed by atoms with Crippen molar-refractivity contribution < 1.29 is 4.79 Å². The van der Waals surface area contributed by atoms with Crippen LogP contribution in [0.2, 0.25) is 5.02 Å². The third kappa shape index (κ3) is 5.32. The molecule has 2 N–H and O–H groups in total. The molecule has 1 heterocycles. The predicted octanol–water partition coefficient (Wildman–Crippen LogP) is 8.81. The van der Waals surface area contributed by atoms with Gasteiger partial charge in [0.2, 0.25) is 0 Å². The van der Waals surface area contributed by atoms with E-state index in [1.54, 1.807) is 11.8 Å². The summed E-state index contributed by atoms with van der Waals surface area (Å²) < 4.78 is 0. The number of ketones is 1. The van der Waals surface area contributed by atoms with Crippen molar-refractivity contribution in [3.63, 3.8) is 0 Å². The highest BCUT2D eigenvalue weighted by atomic mass is 35.5. The molecule has 0 bridgehead atoms. The fourth-order valence-electron chi connectivity index (χ4n) is 6.19. The SMILES string of the molecule is Cc1cc(C)c(C2C(C#N)=C(N)N(c3cccc(Cl)c3C)C3=C2C(=O)CC(C)(C)C3)cc1CSc1ccccc1C. The van der Waals surface area contributed by atoms with Gasteiger partial charge in [0.05, 0.1) is 23.2 Å². The monoisotopic (exact) mass is 581 g/mol. The lowest BCUT2D eigenvalue weighted by Crippen LogP contribution is -2.42. The second-order valence-corrected chi connectivity index (χ2v) is 13.5. The van der Waals surface area contributed by atoms with Crippen LogP contribution in [-0.2, 0) is 10.5 Å². The van der Waals surface area contributed by atoms with Gasteiger partial charge in [-0.3, -0.25) is 9.69 Å². The second-order valence-electron chi connectivity index (χ2n) is 12.1. The minimum Gasteiger partial charge on any atom is -0.384 e. The molecule has 3 aromatic carbocycles. The number of hydrogen-bond acceptors (Lipinski definition) is 5. The number of carbonyl (C=O) groups excluding carboxylic acids is 1. The van der Waals surface area contributed by atoms with Crippen molar-refractivity contribution in [1.29, 1.82) is 5.26 Å². The Bertz CT molecular complexity index is 1680. The topological polar surface area (TPSA) is 70.1 Å². The van der Waals surface area contributed by atoms with E-state index >= 15 is 0 Å². The highest BCUT2D eigenvalue weighted by Crippen LogP contribution is 2.51. The van der Waals surface area contributed by atoms with Crippen LogP contribution in [0.4, 0.5) is 5.69 Å². The fourth-order valence-corrected chi connectivity index (χ4v) is 7.45. The Kier molecular flexibility index (Phi) is 7.85. The Morgan fingerprint density at radius 2 is 1.76 bits per heavy atom. The summed E-state index contributed by atoms with van der Waals surface area (Å²) in [6.45, 7) is 12.5. The van der Waals surface area contributed by atoms with Crippen LogP contribution in [0.3, 0.4) is 0 Å². The maximum absolute atomic E-state index is 14.0. The third-order valence-electron chi connectivity index (χ3n) is 8.37. The van der Waals surface area contributed by atoms with E-state index in [9.17, 15) is 10.1 Å². The maximum atomic E-state index is 14.0. The van der Waals surface area contributed by atoms with Crippen LogP contribution in [0, 0.1) is 44.4 Å². The maximum Gasteiger partial charge on any atom is 0.162 e. The van der Waals surface area contributed by atoms with Crippen LogP contribution < -0.4 is 10.6 Å². The zero-order valence-electron chi connectivity index (χ0n) is 24.6. The van der Waals surface area contributed by atoms with Gasteiger partial charge in [-0.15, -0.1) is 11.8 Å². The van der Waals surface area contributed by atoms with E-state index in [-0.39, 0.29) is 11.2 Å². The van der Waals surface area contributed by atoms with Crippen molar-refractivity contribution in [2.24, 2.45) is 11.1 Å². The summed E-state index contributed by atoms with van der Waals surface area (Å²) in [7, 11) is 0. The summed E-state index contributed by atoms with van der Waals surface area (Å²) in [6, 6.07) is 20.9. The molecule has 1 aliphatic heterocycles. The number of hydrogen-bond donors (Lipinski definition) is 1. The minimum absolute atomic E-state index is 0.0713. The molecule has 0 radical (unpaired) electrons. The molecule has 0 fully saturated rings. The van der Waals surface area contributed by atoms with Crippen LogP contribution in [0.5, 0.6) is 0 Å². The van der Waals surface area contributed by atoms with Gasteiger partial charge in [0.1, 0.15) is 5.82 Å². The molecule has 4 nitrogen and oxygen atoms in total. The van der Waals surface area contributed by atoms with Crippen LogP contribution in [0.1, 0.15) is 66.0 Å². The molecule has 3 aromatic rings. The van der Waals surface area contributed by atoms with Gasteiger partial charge in [-0.1, -0.05) is 61.8 Å². The number of rotatable bonds is 5. The average molecular weight is 582 g/mol. The quantitative estimate of drug-likeness (QED) is 0.305. The molecular weight excluding hydrogens is 546 g/mol. The van der Waals surface area contributed by atoms with Crippen molar-refractivity contribution in [2.75, 3.05) is 4.90 Å². The van der Waals surface area contributed by atoms with Gasteiger partial charge >= 0.3 is 0 Å². The lowest BCUT2D eigenvalue weighted by Gasteiger charge is -2.44. The molecule has 1 aliphatic carbocycles. The van der Waals surface area contributed by atoms with E-state index in [4.69, 9.17) is 17.3 Å². The van der Waals surface area contributed by atoms with Gasteiger partial charge in [-0.25, -0.2) is 0 Å². The van der Waals surface area contributed by atoms with Crippen molar-refractivity contribution in [3.05, 3.63) is 116 Å². The van der Waals surface area contributed by atoms with Crippen LogP contribution in [0.25, 0.3) is 0 Å². The molecule has 1 unspecified atom stereocenters. The zero-order valence-corrected chi connectivity index (χ0v) is 26.1. The number of aryl methyl sites for hydroxylation is 3. The Morgan fingerprint density at radius 1 is 1.02 bits per heavy atom. The van der Waals surface area contributed by atoms with Crippen molar-refractivity contribution in [3.8, 4) is 6.07 Å². The normalized spacial score (nSPS) is 18.4. The molecule has 41 heavy (non-hydrogen) atoms. The number of nitriles is 1. The molecule has 5 rings (SSSR count). The Labute approximate surface area is 252 Å². The summed E-state index contributed by atoms with van der Waals surface area (Å²) in [5.41, 5.74) is 15.9. The molecule has 0 saturated carbocycles. The molecule has 6 heteroatoms. The van der Waals surface area contributed by atoms with Gasteiger partial charge < -0.3 is 5.73 Å². The summed E-state index contributed by atoms with van der Waals surface area (Å²) in [4.78, 5) is 17.2. The molecular formula is C35H36ClN3OS. The van der Waals surface area contributed by atoms with E-state index in [1.165, 1.54) is 21.6 Å². The van der Waals surface area contributed by atoms with E-state index in [0.29, 0.717) is 34.8 Å². The van der Waals surface area contributed by atoms with Crippen LogP contribution in [0.15, 0.2) is 82.2 Å². The van der Waals surface area contributed by atoms with E-state index in [2.05, 4.69) is 77.1 Å². The first-order chi connectivity index (χ1) is 19.4. The van der Waals surface area contributed by atoms with Crippen molar-refractivity contribution in [2.45, 2.75) is 71.0 Å². The Balaban J connectivity index is 1.69. The molecule has 0 aromatic heterocycles. The largest absolute Gasteiger partial charge is 0.384 e. The Morgan fingerprint density at radius 3 is 2.46 bits per heavy atom. The molecule has 2 aliphatic rings. The fraction of sp³-hybridized carbons (Fsp3) is 0.314. The first-order valence-corrected chi connectivity index (χ1v) is 15.3. The minimum atomic E-state index is -0.517. The van der Waals surface area contributed by atoms with Gasteiger partial charge in [0.25, 0.3) is 0 Å². The second kappa shape index (κ2) is 11.1. The van der Waals surface area contributed by atoms with Gasteiger partial charge in [-0.05, 0) is 91.1 Å². The number of nitrogens with zero attached hydrogens (tertiary/aromatic N) is 2. The number of nitrogens with two attached hydrogens (primary N) is 1. The highest BCUT2D eigenvalue weighted by Gasteiger charge is 2.45. The molecule has 0 amide bonds. The Hall–Kier alpha value is -3.46. The lowest BCUT2D eigenvalue weighted by atomic mass is 9.68. The molecule has 210 valence electrons. The van der Waals surface area contributed by atoms with E-state index < -0.39 is 5.92 Å². The number of benzene rings is 3. The number of anilines is 1. The first kappa shape index (κ1) is 29.0. The number of halogens is 1. The van der Waals surface area contributed by atoms with Crippen LogP contribution >= 0.6 is 23.4 Å². The van der Waals surface area contributed by atoms with E-state index in [1.807, 2.05) is 30.0 Å². The van der Waals surface area contributed by atoms with Crippen molar-refractivity contribution in [1.82, 2.24) is 0 Å². The first-order valence-electron chi connectivity index (χ1n) is 13.9. The van der Waals surface area contributed by atoms with E-state index in [0.717, 1.165) is 33.8 Å². The third-order valence-corrected chi connectivity index (χ3v) is 10.0. The molecule has 0 saturated heterocycles. The molecule has 1 atom stereocenters.